The second kappa shape index (κ2) is 7.07. The van der Waals surface area contributed by atoms with E-state index < -0.39 is 11.5 Å². The second-order valence-corrected chi connectivity index (χ2v) is 5.89. The van der Waals surface area contributed by atoms with E-state index in [4.69, 9.17) is 0 Å². The maximum Gasteiger partial charge on any atom is 0.242 e. The predicted molar refractivity (Wildman–Crippen MR) is 76.9 cm³/mol. The molecule has 6 nitrogen and oxygen atoms in total. The minimum absolute atomic E-state index is 0.126. The van der Waals surface area contributed by atoms with Gasteiger partial charge in [0.15, 0.2) is 0 Å². The van der Waals surface area contributed by atoms with Crippen molar-refractivity contribution in [2.24, 2.45) is 5.41 Å². The average Bonchev–Trinajstić information content (AvgIpc) is 2.86. The van der Waals surface area contributed by atoms with Crippen molar-refractivity contribution in [1.29, 1.82) is 0 Å². The van der Waals surface area contributed by atoms with E-state index in [-0.39, 0.29) is 11.8 Å². The van der Waals surface area contributed by atoms with Crippen molar-refractivity contribution in [1.82, 2.24) is 20.2 Å². The molecule has 0 saturated carbocycles. The Morgan fingerprint density at radius 2 is 2.05 bits per heavy atom. The third-order valence-corrected chi connectivity index (χ3v) is 2.87. The van der Waals surface area contributed by atoms with Gasteiger partial charge in [-0.3, -0.25) is 9.59 Å². The highest BCUT2D eigenvalue weighted by atomic mass is 16.2. The second-order valence-electron chi connectivity index (χ2n) is 5.89. The summed E-state index contributed by atoms with van der Waals surface area (Å²) in [5.74, 6) is -0.285. The number of imidazole rings is 1. The highest BCUT2D eigenvalue weighted by molar-refractivity contribution is 5.89. The molecule has 112 valence electrons. The Bertz CT molecular complexity index is 435. The van der Waals surface area contributed by atoms with Gasteiger partial charge >= 0.3 is 0 Å². The molecule has 2 amide bonds. The number of carbonyl (C=O) groups excluding carboxylic acids is 2. The van der Waals surface area contributed by atoms with Crippen molar-refractivity contribution in [3.05, 3.63) is 18.7 Å². The van der Waals surface area contributed by atoms with Crippen molar-refractivity contribution in [2.45, 2.75) is 46.7 Å². The number of hydrogen-bond acceptors (Lipinski definition) is 3. The highest BCUT2D eigenvalue weighted by Gasteiger charge is 2.24. The van der Waals surface area contributed by atoms with Crippen LogP contribution in [0.3, 0.4) is 0 Å². The number of hydrogen-bond donors (Lipinski definition) is 2. The third kappa shape index (κ3) is 5.42. The summed E-state index contributed by atoms with van der Waals surface area (Å²) in [5, 5.41) is 5.52. The fourth-order valence-electron chi connectivity index (χ4n) is 1.52. The van der Waals surface area contributed by atoms with Crippen LogP contribution in [0.15, 0.2) is 18.7 Å². The fourth-order valence-corrected chi connectivity index (χ4v) is 1.52. The van der Waals surface area contributed by atoms with E-state index in [9.17, 15) is 9.59 Å². The topological polar surface area (TPSA) is 76.0 Å². The molecule has 1 atom stereocenters. The molecule has 1 rings (SSSR count). The lowest BCUT2D eigenvalue weighted by Crippen LogP contribution is -2.48. The van der Waals surface area contributed by atoms with Crippen molar-refractivity contribution in [3.63, 3.8) is 0 Å². The van der Waals surface area contributed by atoms with Gasteiger partial charge < -0.3 is 15.2 Å². The molecule has 0 fully saturated rings. The van der Waals surface area contributed by atoms with E-state index >= 15 is 0 Å². The van der Waals surface area contributed by atoms with Gasteiger partial charge in [0, 0.05) is 30.9 Å². The molecular formula is C14H24N4O2. The van der Waals surface area contributed by atoms with Crippen molar-refractivity contribution < 1.29 is 9.59 Å². The number of aryl methyl sites for hydroxylation is 1. The summed E-state index contributed by atoms with van der Waals surface area (Å²) in [6, 6.07) is -0.519. The summed E-state index contributed by atoms with van der Waals surface area (Å²) >= 11 is 0. The van der Waals surface area contributed by atoms with E-state index in [0.717, 1.165) is 13.0 Å². The zero-order valence-electron chi connectivity index (χ0n) is 12.6. The summed E-state index contributed by atoms with van der Waals surface area (Å²) in [6.07, 6.45) is 6.17. The molecule has 0 bridgehead atoms. The first-order chi connectivity index (χ1) is 9.30. The van der Waals surface area contributed by atoms with Crippen molar-refractivity contribution in [2.75, 3.05) is 6.54 Å². The van der Waals surface area contributed by atoms with E-state index in [1.807, 2.05) is 31.5 Å². The lowest BCUT2D eigenvalue weighted by atomic mass is 9.95. The molecule has 0 radical (unpaired) electrons. The Labute approximate surface area is 120 Å². The monoisotopic (exact) mass is 280 g/mol. The van der Waals surface area contributed by atoms with Crippen LogP contribution in [0.1, 0.15) is 34.1 Å². The summed E-state index contributed by atoms with van der Waals surface area (Å²) in [6.45, 7) is 8.53. The molecule has 0 aromatic carbocycles. The van der Waals surface area contributed by atoms with Crippen LogP contribution in [-0.4, -0.2) is 34.0 Å². The number of rotatable bonds is 6. The van der Waals surface area contributed by atoms with Gasteiger partial charge in [0.25, 0.3) is 0 Å². The van der Waals surface area contributed by atoms with Crippen molar-refractivity contribution in [3.8, 4) is 0 Å². The molecule has 1 aromatic rings. The molecule has 20 heavy (non-hydrogen) atoms. The largest absolute Gasteiger partial charge is 0.354 e. The van der Waals surface area contributed by atoms with Crippen LogP contribution < -0.4 is 10.6 Å². The first-order valence-corrected chi connectivity index (χ1v) is 6.85. The van der Waals surface area contributed by atoms with Crippen molar-refractivity contribution >= 4 is 11.8 Å². The predicted octanol–water partition coefficient (Wildman–Crippen LogP) is 0.940. The number of nitrogens with zero attached hydrogens (tertiary/aromatic N) is 2. The Morgan fingerprint density at radius 1 is 1.35 bits per heavy atom. The molecular weight excluding hydrogens is 256 g/mol. The summed E-state index contributed by atoms with van der Waals surface area (Å²) in [7, 11) is 0. The molecule has 0 aliphatic rings. The first-order valence-electron chi connectivity index (χ1n) is 6.85. The van der Waals surface area contributed by atoms with E-state index in [0.29, 0.717) is 6.54 Å². The van der Waals surface area contributed by atoms with Crippen LogP contribution in [0.4, 0.5) is 0 Å². The smallest absolute Gasteiger partial charge is 0.242 e. The summed E-state index contributed by atoms with van der Waals surface area (Å²) < 4.78 is 1.96. The van der Waals surface area contributed by atoms with Crippen LogP contribution in [0.25, 0.3) is 0 Å². The Hall–Kier alpha value is -1.85. The molecule has 0 spiro atoms. The van der Waals surface area contributed by atoms with Crippen LogP contribution in [0, 0.1) is 5.41 Å². The number of amides is 2. The molecule has 0 saturated heterocycles. The summed E-state index contributed by atoms with van der Waals surface area (Å²) in [5.41, 5.74) is -0.490. The number of aromatic nitrogens is 2. The van der Waals surface area contributed by atoms with Gasteiger partial charge in [-0.1, -0.05) is 20.8 Å². The van der Waals surface area contributed by atoms with Crippen LogP contribution in [-0.2, 0) is 16.1 Å². The van der Waals surface area contributed by atoms with Crippen LogP contribution >= 0.6 is 0 Å². The molecule has 1 aromatic heterocycles. The zero-order chi connectivity index (χ0) is 15.2. The molecule has 0 aliphatic carbocycles. The Balaban J connectivity index is 2.23. The fraction of sp³-hybridized carbons (Fsp3) is 0.643. The number of nitrogens with one attached hydrogen (secondary N) is 2. The van der Waals surface area contributed by atoms with Gasteiger partial charge in [-0.2, -0.15) is 0 Å². The van der Waals surface area contributed by atoms with Gasteiger partial charge in [0.1, 0.15) is 6.04 Å². The number of carbonyl (C=O) groups is 2. The normalized spacial score (nSPS) is 12.8. The molecule has 1 unspecified atom stereocenters. The van der Waals surface area contributed by atoms with Gasteiger partial charge in [-0.05, 0) is 13.3 Å². The Morgan fingerprint density at radius 3 is 2.60 bits per heavy atom. The molecule has 0 aliphatic heterocycles. The quantitative estimate of drug-likeness (QED) is 0.761. The summed E-state index contributed by atoms with van der Waals surface area (Å²) in [4.78, 5) is 27.5. The van der Waals surface area contributed by atoms with Crippen LogP contribution in [0.5, 0.6) is 0 Å². The Kier molecular flexibility index (Phi) is 5.73. The lowest BCUT2D eigenvalue weighted by molar-refractivity contribution is -0.133. The van der Waals surface area contributed by atoms with Gasteiger partial charge in [-0.15, -0.1) is 0 Å². The zero-order valence-corrected chi connectivity index (χ0v) is 12.6. The van der Waals surface area contributed by atoms with Gasteiger partial charge in [0.05, 0.1) is 6.33 Å². The molecule has 2 N–H and O–H groups in total. The standard InChI is InChI=1S/C14H24N4O2/c1-11(17-13(20)14(2,3)4)12(19)16-6-5-8-18-9-7-15-10-18/h7,9-11H,5-6,8H2,1-4H3,(H,16,19)(H,17,20). The SMILES string of the molecule is CC(NC(=O)C(C)(C)C)C(=O)NCCCn1ccnc1. The average molecular weight is 280 g/mol. The highest BCUT2D eigenvalue weighted by Crippen LogP contribution is 2.12. The van der Waals surface area contributed by atoms with Gasteiger partial charge in [-0.25, -0.2) is 4.98 Å². The maximum atomic E-state index is 11.8. The molecule has 6 heteroatoms. The van der Waals surface area contributed by atoms with E-state index in [1.165, 1.54) is 0 Å². The van der Waals surface area contributed by atoms with Gasteiger partial charge in [0.2, 0.25) is 11.8 Å². The first kappa shape index (κ1) is 16.2. The third-order valence-electron chi connectivity index (χ3n) is 2.87. The molecule has 1 heterocycles. The van der Waals surface area contributed by atoms with E-state index in [1.54, 1.807) is 19.4 Å². The lowest BCUT2D eigenvalue weighted by Gasteiger charge is -2.21. The van der Waals surface area contributed by atoms with Crippen LogP contribution in [0.2, 0.25) is 0 Å². The maximum absolute atomic E-state index is 11.8. The van der Waals surface area contributed by atoms with E-state index in [2.05, 4.69) is 15.6 Å². The minimum atomic E-state index is -0.519. The minimum Gasteiger partial charge on any atom is -0.354 e.